The fraction of sp³-hybridized carbons (Fsp3) is 0.500. The molecule has 0 aliphatic heterocycles. The predicted molar refractivity (Wildman–Crippen MR) is 76.1 cm³/mol. The maximum absolute atomic E-state index is 11.4. The molecule has 0 unspecified atom stereocenters. The summed E-state index contributed by atoms with van der Waals surface area (Å²) in [6, 6.07) is 10.2. The molecule has 0 spiro atoms. The second kappa shape index (κ2) is 7.06. The Balaban J connectivity index is 2.03. The molecule has 0 amide bonds. The van der Waals surface area contributed by atoms with Crippen LogP contribution in [0.15, 0.2) is 24.3 Å². The van der Waals surface area contributed by atoms with Crippen molar-refractivity contribution in [3.8, 4) is 6.07 Å². The van der Waals surface area contributed by atoms with E-state index in [1.807, 2.05) is 12.1 Å². The first-order valence-corrected chi connectivity index (χ1v) is 7.03. The molecule has 106 valence electrons. The van der Waals surface area contributed by atoms with Crippen molar-refractivity contribution in [3.63, 3.8) is 0 Å². The van der Waals surface area contributed by atoms with Crippen molar-refractivity contribution >= 4 is 5.97 Å². The van der Waals surface area contributed by atoms with E-state index in [4.69, 9.17) is 5.26 Å². The number of carbonyl (C=O) groups is 1. The van der Waals surface area contributed by atoms with Crippen LogP contribution < -0.4 is 0 Å². The molecule has 0 aromatic heterocycles. The third-order valence-corrected chi connectivity index (χ3v) is 3.88. The monoisotopic (exact) mass is 272 g/mol. The van der Waals surface area contributed by atoms with Crippen molar-refractivity contribution in [1.29, 1.82) is 5.26 Å². The van der Waals surface area contributed by atoms with Gasteiger partial charge in [-0.25, -0.2) is 4.79 Å². The van der Waals surface area contributed by atoms with Crippen LogP contribution in [0.5, 0.6) is 0 Å². The van der Waals surface area contributed by atoms with Crippen molar-refractivity contribution < 1.29 is 9.53 Å². The topological polar surface area (TPSA) is 53.3 Å². The molecule has 1 aliphatic rings. The van der Waals surface area contributed by atoms with Crippen LogP contribution in [0.1, 0.15) is 41.6 Å². The standard InChI is InChI=1S/C16H20N2O2/c1-20-16(19)14-8-6-13(7-9-14)12-18(11-10-17)15-4-2-3-5-15/h6-9,15H,2-5,11-12H2,1H3. The maximum atomic E-state index is 11.4. The summed E-state index contributed by atoms with van der Waals surface area (Å²) < 4.78 is 4.68. The first-order valence-electron chi connectivity index (χ1n) is 7.03. The fourth-order valence-corrected chi connectivity index (χ4v) is 2.77. The van der Waals surface area contributed by atoms with Gasteiger partial charge in [-0.3, -0.25) is 4.90 Å². The van der Waals surface area contributed by atoms with Gasteiger partial charge in [0, 0.05) is 12.6 Å². The van der Waals surface area contributed by atoms with Gasteiger partial charge in [-0.2, -0.15) is 5.26 Å². The maximum Gasteiger partial charge on any atom is 0.337 e. The number of rotatable bonds is 5. The third-order valence-electron chi connectivity index (χ3n) is 3.88. The molecule has 0 atom stereocenters. The van der Waals surface area contributed by atoms with Crippen molar-refractivity contribution in [3.05, 3.63) is 35.4 Å². The van der Waals surface area contributed by atoms with E-state index in [0.717, 1.165) is 12.1 Å². The van der Waals surface area contributed by atoms with Gasteiger partial charge in [-0.15, -0.1) is 0 Å². The number of esters is 1. The van der Waals surface area contributed by atoms with Crippen LogP contribution in [0, 0.1) is 11.3 Å². The van der Waals surface area contributed by atoms with Crippen LogP contribution in [-0.4, -0.2) is 30.6 Å². The molecule has 0 N–H and O–H groups in total. The minimum atomic E-state index is -0.318. The molecule has 0 radical (unpaired) electrons. The van der Waals surface area contributed by atoms with Crippen molar-refractivity contribution in [2.24, 2.45) is 0 Å². The highest BCUT2D eigenvalue weighted by Gasteiger charge is 2.22. The average molecular weight is 272 g/mol. The van der Waals surface area contributed by atoms with E-state index in [1.165, 1.54) is 32.8 Å². The molecular formula is C16H20N2O2. The molecule has 4 heteroatoms. The van der Waals surface area contributed by atoms with Crippen molar-refractivity contribution in [2.75, 3.05) is 13.7 Å². The second-order valence-corrected chi connectivity index (χ2v) is 5.19. The second-order valence-electron chi connectivity index (χ2n) is 5.19. The molecule has 20 heavy (non-hydrogen) atoms. The Morgan fingerprint density at radius 2 is 2.00 bits per heavy atom. The Labute approximate surface area is 120 Å². The van der Waals surface area contributed by atoms with E-state index in [9.17, 15) is 4.79 Å². The Bertz CT molecular complexity index is 484. The van der Waals surface area contributed by atoms with E-state index in [2.05, 4.69) is 15.7 Å². The minimum Gasteiger partial charge on any atom is -0.465 e. The summed E-state index contributed by atoms with van der Waals surface area (Å²) in [6.45, 7) is 1.23. The molecule has 1 aromatic rings. The predicted octanol–water partition coefficient (Wildman–Crippen LogP) is 2.74. The van der Waals surface area contributed by atoms with Gasteiger partial charge in [0.1, 0.15) is 0 Å². The molecule has 4 nitrogen and oxygen atoms in total. The number of benzene rings is 1. The van der Waals surface area contributed by atoms with Crippen LogP contribution in [0.4, 0.5) is 0 Å². The van der Waals surface area contributed by atoms with Gasteiger partial charge in [-0.1, -0.05) is 25.0 Å². The number of nitriles is 1. The average Bonchev–Trinajstić information content (AvgIpc) is 3.01. The third kappa shape index (κ3) is 3.58. The Kier molecular flexibility index (Phi) is 5.14. The van der Waals surface area contributed by atoms with Crippen molar-refractivity contribution in [1.82, 2.24) is 4.90 Å². The van der Waals surface area contributed by atoms with Crippen molar-refractivity contribution in [2.45, 2.75) is 38.3 Å². The first-order chi connectivity index (χ1) is 9.74. The SMILES string of the molecule is COC(=O)c1ccc(CN(CC#N)C2CCCC2)cc1. The molecule has 1 fully saturated rings. The van der Waals surface area contributed by atoms with E-state index < -0.39 is 0 Å². The lowest BCUT2D eigenvalue weighted by Crippen LogP contribution is -2.33. The highest BCUT2D eigenvalue weighted by molar-refractivity contribution is 5.89. The summed E-state index contributed by atoms with van der Waals surface area (Å²) in [5.74, 6) is -0.318. The van der Waals surface area contributed by atoms with Gasteiger partial charge in [-0.05, 0) is 30.5 Å². The number of nitrogens with zero attached hydrogens (tertiary/aromatic N) is 2. The van der Waals surface area contributed by atoms with Crippen LogP contribution in [-0.2, 0) is 11.3 Å². The molecule has 1 aliphatic carbocycles. The smallest absolute Gasteiger partial charge is 0.337 e. The van der Waals surface area contributed by atoms with E-state index in [0.29, 0.717) is 18.2 Å². The highest BCUT2D eigenvalue weighted by atomic mass is 16.5. The quantitative estimate of drug-likeness (QED) is 0.611. The summed E-state index contributed by atoms with van der Waals surface area (Å²) in [5, 5.41) is 8.97. The van der Waals surface area contributed by atoms with E-state index >= 15 is 0 Å². The van der Waals surface area contributed by atoms with Crippen LogP contribution in [0.2, 0.25) is 0 Å². The summed E-state index contributed by atoms with van der Waals surface area (Å²) >= 11 is 0. The van der Waals surface area contributed by atoms with Gasteiger partial charge in [0.05, 0.1) is 25.3 Å². The van der Waals surface area contributed by atoms with Gasteiger partial charge in [0.2, 0.25) is 0 Å². The summed E-state index contributed by atoms with van der Waals surface area (Å²) in [7, 11) is 1.38. The molecule has 0 bridgehead atoms. The van der Waals surface area contributed by atoms with Gasteiger partial charge < -0.3 is 4.74 Å². The number of carbonyl (C=O) groups excluding carboxylic acids is 1. The highest BCUT2D eigenvalue weighted by Crippen LogP contribution is 2.24. The lowest BCUT2D eigenvalue weighted by atomic mass is 10.1. The van der Waals surface area contributed by atoms with Crippen LogP contribution >= 0.6 is 0 Å². The van der Waals surface area contributed by atoms with E-state index in [-0.39, 0.29) is 5.97 Å². The molecule has 2 rings (SSSR count). The summed E-state index contributed by atoms with van der Waals surface area (Å²) in [4.78, 5) is 13.6. The van der Waals surface area contributed by atoms with Gasteiger partial charge in [0.25, 0.3) is 0 Å². The molecule has 1 saturated carbocycles. The first kappa shape index (κ1) is 14.5. The van der Waals surface area contributed by atoms with Crippen LogP contribution in [0.3, 0.4) is 0 Å². The normalized spacial score (nSPS) is 15.2. The molecule has 1 aromatic carbocycles. The number of methoxy groups -OCH3 is 1. The zero-order valence-corrected chi connectivity index (χ0v) is 11.8. The Morgan fingerprint density at radius 3 is 2.55 bits per heavy atom. The number of hydrogen-bond donors (Lipinski definition) is 0. The van der Waals surface area contributed by atoms with Crippen LogP contribution in [0.25, 0.3) is 0 Å². The van der Waals surface area contributed by atoms with E-state index in [1.54, 1.807) is 12.1 Å². The summed E-state index contributed by atoms with van der Waals surface area (Å²) in [6.07, 6.45) is 4.88. The lowest BCUT2D eigenvalue weighted by Gasteiger charge is -2.26. The largest absolute Gasteiger partial charge is 0.465 e. The molecular weight excluding hydrogens is 252 g/mol. The summed E-state index contributed by atoms with van der Waals surface area (Å²) in [5.41, 5.74) is 1.68. The zero-order valence-electron chi connectivity index (χ0n) is 11.8. The minimum absolute atomic E-state index is 0.318. The van der Waals surface area contributed by atoms with Gasteiger partial charge in [0.15, 0.2) is 0 Å². The fourth-order valence-electron chi connectivity index (χ4n) is 2.77. The Morgan fingerprint density at radius 1 is 1.35 bits per heavy atom. The lowest BCUT2D eigenvalue weighted by molar-refractivity contribution is 0.0600. The number of hydrogen-bond acceptors (Lipinski definition) is 4. The molecule has 0 heterocycles. The number of ether oxygens (including phenoxy) is 1. The molecule has 0 saturated heterocycles. The van der Waals surface area contributed by atoms with Gasteiger partial charge >= 0.3 is 5.97 Å². The Hall–Kier alpha value is -1.86. The zero-order chi connectivity index (χ0) is 14.4.